The lowest BCUT2D eigenvalue weighted by molar-refractivity contribution is 0.0177. The summed E-state index contributed by atoms with van der Waals surface area (Å²) in [5.74, 6) is -0.711. The molecule has 10 heteroatoms. The molecule has 0 saturated carbocycles. The molecule has 5 aromatic rings. The maximum Gasteiger partial charge on any atom is 0.419 e. The summed E-state index contributed by atoms with van der Waals surface area (Å²) >= 11 is 1.19. The molecule has 0 unspecified atom stereocenters. The van der Waals surface area contributed by atoms with Crippen molar-refractivity contribution in [2.45, 2.75) is 71.1 Å². The normalized spacial score (nSPS) is 13.3. The van der Waals surface area contributed by atoms with Crippen LogP contribution in [0, 0.1) is 6.92 Å². The number of esters is 1. The van der Waals surface area contributed by atoms with Gasteiger partial charge in [0, 0.05) is 23.9 Å². The van der Waals surface area contributed by atoms with Crippen LogP contribution in [0.1, 0.15) is 83.6 Å². The van der Waals surface area contributed by atoms with Gasteiger partial charge in [-0.25, -0.2) is 19.4 Å². The van der Waals surface area contributed by atoms with Crippen molar-refractivity contribution in [3.05, 3.63) is 124 Å². The predicted octanol–water partition coefficient (Wildman–Crippen LogP) is 9.13. The molecule has 9 nitrogen and oxygen atoms in total. The molecule has 1 aliphatic rings. The fourth-order valence-corrected chi connectivity index (χ4v) is 7.10. The van der Waals surface area contributed by atoms with E-state index in [9.17, 15) is 14.4 Å². The first-order valence-corrected chi connectivity index (χ1v) is 17.3. The number of fused-ring (bicyclic) bond motifs is 4. The Kier molecular flexibility index (Phi) is 9.41. The van der Waals surface area contributed by atoms with Crippen LogP contribution in [0.15, 0.2) is 91.6 Å². The van der Waals surface area contributed by atoms with Gasteiger partial charge < -0.3 is 19.5 Å². The fraction of sp³-hybridized carbons (Fsp3) is 0.300. The topological polar surface area (TPSA) is 109 Å². The molecule has 50 heavy (non-hydrogen) atoms. The first kappa shape index (κ1) is 34.6. The van der Waals surface area contributed by atoms with E-state index in [-0.39, 0.29) is 23.8 Å². The molecule has 1 aliphatic carbocycles. The van der Waals surface area contributed by atoms with E-state index in [1.807, 2.05) is 69.3 Å². The summed E-state index contributed by atoms with van der Waals surface area (Å²) in [6, 6.07) is 22.9. The number of aromatic nitrogens is 2. The second kappa shape index (κ2) is 13.6. The van der Waals surface area contributed by atoms with Gasteiger partial charge in [-0.1, -0.05) is 73.3 Å². The smallest absolute Gasteiger partial charge is 0.419 e. The molecule has 0 fully saturated rings. The second-order valence-corrected chi connectivity index (χ2v) is 15.1. The Balaban J connectivity index is 1.33. The minimum Gasteiger partial charge on any atom is -0.451 e. The van der Waals surface area contributed by atoms with Crippen LogP contribution in [0.5, 0.6) is 0 Å². The number of carbonyl (C=O) groups is 3. The third-order valence-corrected chi connectivity index (χ3v) is 9.53. The van der Waals surface area contributed by atoms with Gasteiger partial charge >= 0.3 is 18.2 Å². The van der Waals surface area contributed by atoms with Gasteiger partial charge in [-0.2, -0.15) is 0 Å². The number of para-hydroxylation sites is 1. The van der Waals surface area contributed by atoms with Crippen LogP contribution in [-0.4, -0.2) is 45.5 Å². The number of nitrogens with zero attached hydrogens (tertiary/aromatic N) is 2. The van der Waals surface area contributed by atoms with Crippen LogP contribution in [0.3, 0.4) is 0 Å². The largest absolute Gasteiger partial charge is 0.451 e. The molecule has 3 aromatic carbocycles. The maximum atomic E-state index is 13.7. The molecular formula is C40H41N3O6S. The zero-order valence-electron chi connectivity index (χ0n) is 29.1. The summed E-state index contributed by atoms with van der Waals surface area (Å²) in [7, 11) is 0. The Bertz CT molecular complexity index is 2060. The van der Waals surface area contributed by atoms with Crippen LogP contribution in [0.4, 0.5) is 9.59 Å². The summed E-state index contributed by atoms with van der Waals surface area (Å²) in [5, 5.41) is 4.43. The van der Waals surface area contributed by atoms with E-state index < -0.39 is 35.4 Å². The van der Waals surface area contributed by atoms with Crippen molar-refractivity contribution in [3.8, 4) is 11.1 Å². The molecule has 1 N–H and O–H groups in total. The SMILES string of the molecule is C=CC(C)(C)OC(=O)c1sc(C)nc1[C@H](Cc1cn(C(=O)OC(C)(C)C)c2ccccc12)NC(=O)OCC1c2ccccc2-c2ccccc21. The minimum atomic E-state index is -0.928. The Morgan fingerprint density at radius 3 is 2.20 bits per heavy atom. The van der Waals surface area contributed by atoms with Crippen LogP contribution in [0.25, 0.3) is 22.0 Å². The second-order valence-electron chi connectivity index (χ2n) is 13.9. The molecule has 0 spiro atoms. The Morgan fingerprint density at radius 2 is 1.56 bits per heavy atom. The van der Waals surface area contributed by atoms with Crippen molar-refractivity contribution in [3.63, 3.8) is 0 Å². The highest BCUT2D eigenvalue weighted by atomic mass is 32.1. The molecule has 258 valence electrons. The van der Waals surface area contributed by atoms with E-state index in [0.717, 1.165) is 33.2 Å². The van der Waals surface area contributed by atoms with Gasteiger partial charge in [-0.15, -0.1) is 11.3 Å². The molecule has 0 radical (unpaired) electrons. The fourth-order valence-electron chi connectivity index (χ4n) is 6.25. The highest BCUT2D eigenvalue weighted by Crippen LogP contribution is 2.44. The van der Waals surface area contributed by atoms with E-state index in [1.165, 1.54) is 15.9 Å². The van der Waals surface area contributed by atoms with E-state index in [4.69, 9.17) is 19.2 Å². The Hall–Kier alpha value is -5.22. The van der Waals surface area contributed by atoms with E-state index in [0.29, 0.717) is 16.2 Å². The number of carbonyl (C=O) groups excluding carboxylic acids is 3. The summed E-state index contributed by atoms with van der Waals surface area (Å²) in [6.07, 6.45) is 2.26. The number of alkyl carbamates (subject to hydrolysis) is 1. The van der Waals surface area contributed by atoms with E-state index in [2.05, 4.69) is 36.2 Å². The van der Waals surface area contributed by atoms with Gasteiger partial charge in [0.2, 0.25) is 0 Å². The van der Waals surface area contributed by atoms with Crippen LogP contribution >= 0.6 is 11.3 Å². The van der Waals surface area contributed by atoms with Gasteiger partial charge in [0.05, 0.1) is 22.3 Å². The zero-order valence-corrected chi connectivity index (χ0v) is 29.9. The first-order valence-electron chi connectivity index (χ1n) is 16.5. The monoisotopic (exact) mass is 691 g/mol. The minimum absolute atomic E-state index is 0.114. The summed E-state index contributed by atoms with van der Waals surface area (Å²) in [4.78, 5) is 45.6. The summed E-state index contributed by atoms with van der Waals surface area (Å²) in [5.41, 5.74) is 4.55. The summed E-state index contributed by atoms with van der Waals surface area (Å²) < 4.78 is 18.9. The van der Waals surface area contributed by atoms with Crippen molar-refractivity contribution in [2.24, 2.45) is 0 Å². The van der Waals surface area contributed by atoms with Crippen LogP contribution < -0.4 is 5.32 Å². The molecule has 1 amide bonds. The molecule has 2 heterocycles. The average Bonchev–Trinajstić information content (AvgIpc) is 3.74. The number of aryl methyl sites for hydroxylation is 1. The number of amides is 1. The van der Waals surface area contributed by atoms with Crippen molar-refractivity contribution in [1.29, 1.82) is 0 Å². The van der Waals surface area contributed by atoms with Crippen molar-refractivity contribution >= 4 is 40.4 Å². The number of rotatable bonds is 9. The van der Waals surface area contributed by atoms with Crippen molar-refractivity contribution in [2.75, 3.05) is 6.61 Å². The number of hydrogen-bond acceptors (Lipinski definition) is 8. The van der Waals surface area contributed by atoms with Gasteiger partial charge in [0.25, 0.3) is 0 Å². The van der Waals surface area contributed by atoms with Crippen molar-refractivity contribution < 1.29 is 28.6 Å². The number of ether oxygens (including phenoxy) is 3. The van der Waals surface area contributed by atoms with Crippen LogP contribution in [-0.2, 0) is 20.6 Å². The third kappa shape index (κ3) is 7.21. The molecule has 6 rings (SSSR count). The number of nitrogens with one attached hydrogen (secondary N) is 1. The highest BCUT2D eigenvalue weighted by Gasteiger charge is 2.33. The third-order valence-electron chi connectivity index (χ3n) is 8.57. The highest BCUT2D eigenvalue weighted by molar-refractivity contribution is 7.13. The Morgan fingerprint density at radius 1 is 0.940 bits per heavy atom. The molecule has 0 aliphatic heterocycles. The molecule has 0 saturated heterocycles. The molecule has 2 aromatic heterocycles. The van der Waals surface area contributed by atoms with Crippen molar-refractivity contribution in [1.82, 2.24) is 14.9 Å². The van der Waals surface area contributed by atoms with Crippen LogP contribution in [0.2, 0.25) is 0 Å². The Labute approximate surface area is 295 Å². The lowest BCUT2D eigenvalue weighted by atomic mass is 9.98. The predicted molar refractivity (Wildman–Crippen MR) is 195 cm³/mol. The van der Waals surface area contributed by atoms with Gasteiger partial charge in [0.1, 0.15) is 22.7 Å². The van der Waals surface area contributed by atoms with E-state index >= 15 is 0 Å². The molecular weight excluding hydrogens is 651 g/mol. The van der Waals surface area contributed by atoms with Gasteiger partial charge in [0.15, 0.2) is 0 Å². The quantitative estimate of drug-likeness (QED) is 0.0933. The molecule has 1 atom stereocenters. The average molecular weight is 692 g/mol. The van der Waals surface area contributed by atoms with Gasteiger partial charge in [-0.05, 0) is 81.5 Å². The van der Waals surface area contributed by atoms with E-state index in [1.54, 1.807) is 33.0 Å². The van der Waals surface area contributed by atoms with Gasteiger partial charge in [-0.3, -0.25) is 4.57 Å². The zero-order chi connectivity index (χ0) is 35.8. The lowest BCUT2D eigenvalue weighted by Crippen LogP contribution is -2.33. The first-order chi connectivity index (χ1) is 23.7. The standard InChI is InChI=1S/C40H41N3O6S/c1-8-40(6,7)48-36(44)35-34(41-24(2)50-35)32(21-25-22-43(38(46)49-39(3,4)5)33-20-14-13-15-26(25)33)42-37(45)47-23-31-29-18-11-9-16-27(29)28-17-10-12-19-30(28)31/h8-20,22,31-32H,1,21,23H2,2-7H3,(H,42,45)/t32-/m0/s1. The number of thiazole rings is 1. The number of hydrogen-bond donors (Lipinski definition) is 1. The lowest BCUT2D eigenvalue weighted by Gasteiger charge is -2.22. The molecule has 0 bridgehead atoms. The summed E-state index contributed by atoms with van der Waals surface area (Å²) in [6.45, 7) is 14.6. The maximum absolute atomic E-state index is 13.7. The number of benzene rings is 3.